The second kappa shape index (κ2) is 8.50. The Kier molecular flexibility index (Phi) is 6.08. The molecule has 1 aliphatic heterocycles. The molecule has 0 saturated carbocycles. The SMILES string of the molecule is CC(=O)C1=C(C)N(CCO)C(C=Nc2ccc(-c3ccc(C)cc3)nc2)S1. The van der Waals surface area contributed by atoms with Gasteiger partial charge in [-0.25, -0.2) is 0 Å². The molecule has 0 amide bonds. The number of carbonyl (C=O) groups is 1. The van der Waals surface area contributed by atoms with E-state index in [0.29, 0.717) is 6.54 Å². The number of aliphatic hydroxyl groups is 1. The number of ketones is 1. The third-order valence-corrected chi connectivity index (χ3v) is 5.85. The number of aryl methyl sites for hydroxylation is 1. The van der Waals surface area contributed by atoms with Crippen LogP contribution in [0.15, 0.2) is 58.2 Å². The summed E-state index contributed by atoms with van der Waals surface area (Å²) in [4.78, 5) is 23.6. The Morgan fingerprint density at radius 3 is 2.59 bits per heavy atom. The highest BCUT2D eigenvalue weighted by atomic mass is 32.2. The first-order chi connectivity index (χ1) is 13.0. The number of aliphatic hydroxyl groups excluding tert-OH is 1. The number of pyridine rings is 1. The number of thioether (sulfide) groups is 1. The van der Waals surface area contributed by atoms with Gasteiger partial charge in [-0.05, 0) is 32.9 Å². The van der Waals surface area contributed by atoms with E-state index in [1.54, 1.807) is 13.1 Å². The van der Waals surface area contributed by atoms with E-state index in [0.717, 1.165) is 27.5 Å². The van der Waals surface area contributed by atoms with E-state index in [2.05, 4.69) is 41.2 Å². The van der Waals surface area contributed by atoms with Gasteiger partial charge in [0.25, 0.3) is 0 Å². The third kappa shape index (κ3) is 4.46. The average molecular weight is 382 g/mol. The van der Waals surface area contributed by atoms with Crippen LogP contribution in [0.4, 0.5) is 5.69 Å². The van der Waals surface area contributed by atoms with Crippen LogP contribution >= 0.6 is 11.8 Å². The normalized spacial score (nSPS) is 17.2. The summed E-state index contributed by atoms with van der Waals surface area (Å²) in [5.41, 5.74) is 4.84. The summed E-state index contributed by atoms with van der Waals surface area (Å²) in [7, 11) is 0. The molecule has 0 bridgehead atoms. The van der Waals surface area contributed by atoms with Gasteiger partial charge in [-0.1, -0.05) is 41.6 Å². The first-order valence-electron chi connectivity index (χ1n) is 8.83. The van der Waals surface area contributed by atoms with Crippen molar-refractivity contribution in [1.29, 1.82) is 0 Å². The van der Waals surface area contributed by atoms with Crippen LogP contribution < -0.4 is 0 Å². The summed E-state index contributed by atoms with van der Waals surface area (Å²) < 4.78 is 0. The summed E-state index contributed by atoms with van der Waals surface area (Å²) in [6.07, 6.45) is 3.55. The number of β-amino-alcohol motifs (C(OH)–C–C–N with tert-alkyl or cyclic N) is 1. The van der Waals surface area contributed by atoms with Gasteiger partial charge in [0.2, 0.25) is 0 Å². The van der Waals surface area contributed by atoms with Gasteiger partial charge in [0.1, 0.15) is 5.37 Å². The van der Waals surface area contributed by atoms with Gasteiger partial charge in [-0.2, -0.15) is 0 Å². The second-order valence-corrected chi connectivity index (χ2v) is 7.57. The Balaban J connectivity index is 1.74. The molecular weight excluding hydrogens is 358 g/mol. The molecule has 1 aromatic heterocycles. The van der Waals surface area contributed by atoms with Crippen LogP contribution in [-0.2, 0) is 4.79 Å². The zero-order chi connectivity index (χ0) is 19.4. The molecule has 6 heteroatoms. The number of aromatic nitrogens is 1. The van der Waals surface area contributed by atoms with Gasteiger partial charge in [0, 0.05) is 24.0 Å². The molecule has 27 heavy (non-hydrogen) atoms. The summed E-state index contributed by atoms with van der Waals surface area (Å²) >= 11 is 1.47. The molecule has 3 rings (SSSR count). The van der Waals surface area contributed by atoms with E-state index in [9.17, 15) is 9.90 Å². The average Bonchev–Trinajstić information content (AvgIpc) is 2.98. The molecule has 5 nitrogen and oxygen atoms in total. The maximum atomic E-state index is 11.8. The molecule has 0 fully saturated rings. The van der Waals surface area contributed by atoms with Crippen molar-refractivity contribution in [3.8, 4) is 11.3 Å². The van der Waals surface area contributed by atoms with Gasteiger partial charge >= 0.3 is 0 Å². The lowest BCUT2D eigenvalue weighted by Crippen LogP contribution is -2.31. The maximum absolute atomic E-state index is 11.8. The summed E-state index contributed by atoms with van der Waals surface area (Å²) in [6, 6.07) is 12.1. The molecule has 0 aliphatic carbocycles. The molecule has 1 atom stereocenters. The molecule has 0 radical (unpaired) electrons. The minimum absolute atomic E-state index is 0.0280. The molecule has 2 aromatic rings. The highest BCUT2D eigenvalue weighted by molar-refractivity contribution is 8.05. The van der Waals surface area contributed by atoms with E-state index < -0.39 is 0 Å². The standard InChI is InChI=1S/C21H23N3O2S/c1-14-4-6-17(7-5-14)19-9-8-18(12-23-19)22-13-20-24(10-11-25)15(2)21(27-20)16(3)26/h4-9,12-13,20,25H,10-11H2,1-3H3. The number of carbonyl (C=O) groups excluding carboxylic acids is 1. The Bertz CT molecular complexity index is 873. The van der Waals surface area contributed by atoms with Crippen molar-refractivity contribution < 1.29 is 9.90 Å². The van der Waals surface area contributed by atoms with Crippen molar-refractivity contribution >= 4 is 29.4 Å². The van der Waals surface area contributed by atoms with E-state index in [-0.39, 0.29) is 17.8 Å². The lowest BCUT2D eigenvalue weighted by Gasteiger charge is -2.23. The van der Waals surface area contributed by atoms with Crippen LogP contribution in [0.5, 0.6) is 0 Å². The van der Waals surface area contributed by atoms with Crippen molar-refractivity contribution in [1.82, 2.24) is 9.88 Å². The lowest BCUT2D eigenvalue weighted by atomic mass is 10.1. The molecule has 0 spiro atoms. The number of nitrogens with zero attached hydrogens (tertiary/aromatic N) is 3. The van der Waals surface area contributed by atoms with Crippen molar-refractivity contribution in [2.24, 2.45) is 4.99 Å². The smallest absolute Gasteiger partial charge is 0.167 e. The van der Waals surface area contributed by atoms with Crippen LogP contribution in [0, 0.1) is 6.92 Å². The summed E-state index contributed by atoms with van der Waals surface area (Å²) in [6.45, 7) is 6.03. The molecule has 1 aromatic carbocycles. The minimum Gasteiger partial charge on any atom is -0.395 e. The highest BCUT2D eigenvalue weighted by Crippen LogP contribution is 2.37. The van der Waals surface area contributed by atoms with E-state index >= 15 is 0 Å². The fourth-order valence-corrected chi connectivity index (χ4v) is 4.16. The molecule has 2 heterocycles. The highest BCUT2D eigenvalue weighted by Gasteiger charge is 2.30. The molecule has 0 saturated heterocycles. The van der Waals surface area contributed by atoms with E-state index in [1.165, 1.54) is 17.3 Å². The van der Waals surface area contributed by atoms with Crippen LogP contribution in [0.2, 0.25) is 0 Å². The maximum Gasteiger partial charge on any atom is 0.167 e. The van der Waals surface area contributed by atoms with Crippen LogP contribution in [0.25, 0.3) is 11.3 Å². The third-order valence-electron chi connectivity index (χ3n) is 4.41. The molecule has 1 N–H and O–H groups in total. The fraction of sp³-hybridized carbons (Fsp3) is 0.286. The molecule has 140 valence electrons. The van der Waals surface area contributed by atoms with Crippen molar-refractivity contribution in [2.75, 3.05) is 13.2 Å². The second-order valence-electron chi connectivity index (χ2n) is 6.44. The number of allylic oxidation sites excluding steroid dienone is 2. The van der Waals surface area contributed by atoms with E-state index in [4.69, 9.17) is 0 Å². The summed E-state index contributed by atoms with van der Waals surface area (Å²) in [5, 5.41) is 9.21. The van der Waals surface area contributed by atoms with Gasteiger partial charge in [-0.15, -0.1) is 0 Å². The minimum atomic E-state index is -0.104. The van der Waals surface area contributed by atoms with Crippen molar-refractivity contribution in [3.05, 3.63) is 58.8 Å². The fourth-order valence-electron chi connectivity index (χ4n) is 2.95. The molecule has 1 aliphatic rings. The van der Waals surface area contributed by atoms with Gasteiger partial charge < -0.3 is 10.0 Å². The zero-order valence-electron chi connectivity index (χ0n) is 15.7. The van der Waals surface area contributed by atoms with Gasteiger partial charge in [0.05, 0.1) is 29.1 Å². The monoisotopic (exact) mass is 381 g/mol. The summed E-state index contributed by atoms with van der Waals surface area (Å²) in [5.74, 6) is 0.0421. The number of hydrogen-bond donors (Lipinski definition) is 1. The Morgan fingerprint density at radius 1 is 1.26 bits per heavy atom. The van der Waals surface area contributed by atoms with Gasteiger partial charge in [-0.3, -0.25) is 14.8 Å². The van der Waals surface area contributed by atoms with Crippen LogP contribution in [-0.4, -0.2) is 45.5 Å². The Hall–Kier alpha value is -2.44. The lowest BCUT2D eigenvalue weighted by molar-refractivity contribution is -0.113. The predicted molar refractivity (Wildman–Crippen MR) is 111 cm³/mol. The number of rotatable bonds is 6. The largest absolute Gasteiger partial charge is 0.395 e. The quantitative estimate of drug-likeness (QED) is 0.768. The number of aliphatic imine (C=N–C) groups is 1. The van der Waals surface area contributed by atoms with Crippen molar-refractivity contribution in [3.63, 3.8) is 0 Å². The predicted octanol–water partition coefficient (Wildman–Crippen LogP) is 3.95. The molecular formula is C21H23N3O2S. The number of benzene rings is 1. The topological polar surface area (TPSA) is 65.8 Å². The number of hydrogen-bond acceptors (Lipinski definition) is 6. The first-order valence-corrected chi connectivity index (χ1v) is 9.71. The Morgan fingerprint density at radius 2 is 2.00 bits per heavy atom. The van der Waals surface area contributed by atoms with Crippen molar-refractivity contribution in [2.45, 2.75) is 26.1 Å². The molecule has 1 unspecified atom stereocenters. The van der Waals surface area contributed by atoms with E-state index in [1.807, 2.05) is 30.2 Å². The first kappa shape index (κ1) is 19.3. The van der Waals surface area contributed by atoms with Crippen LogP contribution in [0.3, 0.4) is 0 Å². The Labute approximate surface area is 163 Å². The zero-order valence-corrected chi connectivity index (χ0v) is 16.5. The van der Waals surface area contributed by atoms with Gasteiger partial charge in [0.15, 0.2) is 5.78 Å². The van der Waals surface area contributed by atoms with Crippen LogP contribution in [0.1, 0.15) is 19.4 Å². The number of Topliss-reactive ketones (excluding diaryl/α,β-unsaturated/α-hetero) is 1.